The first-order chi connectivity index (χ1) is 9.16. The van der Waals surface area contributed by atoms with Crippen LogP contribution >= 0.6 is 28.3 Å². The summed E-state index contributed by atoms with van der Waals surface area (Å²) in [5, 5.41) is 15.5. The molecule has 1 atom stereocenters. The van der Waals surface area contributed by atoms with Gasteiger partial charge in [0, 0.05) is 19.6 Å². The molecule has 112 valence electrons. The molecule has 1 saturated heterocycles. The van der Waals surface area contributed by atoms with Crippen LogP contribution in [0.5, 0.6) is 5.75 Å². The number of carbonyl (C=O) groups is 1. The van der Waals surface area contributed by atoms with Crippen molar-refractivity contribution in [3.05, 3.63) is 28.7 Å². The molecule has 1 aromatic carbocycles. The predicted octanol–water partition coefficient (Wildman–Crippen LogP) is 0.946. The third-order valence-corrected chi connectivity index (χ3v) is 3.59. The van der Waals surface area contributed by atoms with Gasteiger partial charge in [0.2, 0.25) is 5.91 Å². The van der Waals surface area contributed by atoms with Gasteiger partial charge in [-0.3, -0.25) is 4.79 Å². The summed E-state index contributed by atoms with van der Waals surface area (Å²) in [6.07, 6.45) is -0.718. The lowest BCUT2D eigenvalue weighted by Crippen LogP contribution is -2.52. The number of carbonyl (C=O) groups excluding carboxylic acids is 1. The molecule has 0 saturated carbocycles. The van der Waals surface area contributed by atoms with Crippen molar-refractivity contribution in [1.29, 1.82) is 0 Å². The standard InChI is InChI=1S/C13H17BrN2O3.ClH/c14-11-3-1-2-4-12(11)19-8-10(17)7-16-13(18)9-5-15-6-9;/h1-4,9-10,15,17H,5-8H2,(H,16,18);1H. The number of benzene rings is 1. The second-order valence-corrected chi connectivity index (χ2v) is 5.35. The Morgan fingerprint density at radius 2 is 2.20 bits per heavy atom. The molecule has 5 nitrogen and oxygen atoms in total. The highest BCUT2D eigenvalue weighted by molar-refractivity contribution is 9.10. The minimum absolute atomic E-state index is 0. The lowest BCUT2D eigenvalue weighted by Gasteiger charge is -2.26. The van der Waals surface area contributed by atoms with Crippen LogP contribution < -0.4 is 15.4 Å². The predicted molar refractivity (Wildman–Crippen MR) is 82.3 cm³/mol. The van der Waals surface area contributed by atoms with E-state index in [9.17, 15) is 9.90 Å². The third-order valence-electron chi connectivity index (χ3n) is 2.93. The van der Waals surface area contributed by atoms with E-state index < -0.39 is 6.10 Å². The molecule has 2 rings (SSSR count). The monoisotopic (exact) mass is 364 g/mol. The van der Waals surface area contributed by atoms with Gasteiger partial charge in [-0.05, 0) is 28.1 Å². The zero-order valence-corrected chi connectivity index (χ0v) is 13.2. The van der Waals surface area contributed by atoms with Crippen LogP contribution in [0.1, 0.15) is 0 Å². The Kier molecular flexibility index (Phi) is 7.29. The van der Waals surface area contributed by atoms with Crippen LogP contribution in [0.15, 0.2) is 28.7 Å². The lowest BCUT2D eigenvalue weighted by atomic mass is 10.0. The average molecular weight is 366 g/mol. The maximum Gasteiger partial charge on any atom is 0.225 e. The number of aliphatic hydroxyl groups excluding tert-OH is 1. The van der Waals surface area contributed by atoms with Crippen LogP contribution in [0.2, 0.25) is 0 Å². The molecule has 20 heavy (non-hydrogen) atoms. The number of para-hydroxylation sites is 1. The summed E-state index contributed by atoms with van der Waals surface area (Å²) in [5.74, 6) is 0.700. The highest BCUT2D eigenvalue weighted by atomic mass is 79.9. The van der Waals surface area contributed by atoms with Crippen molar-refractivity contribution < 1.29 is 14.6 Å². The van der Waals surface area contributed by atoms with E-state index in [1.165, 1.54) is 0 Å². The van der Waals surface area contributed by atoms with Crippen LogP contribution in [0.25, 0.3) is 0 Å². The molecule has 0 spiro atoms. The van der Waals surface area contributed by atoms with E-state index in [-0.39, 0.29) is 37.4 Å². The minimum atomic E-state index is -0.718. The summed E-state index contributed by atoms with van der Waals surface area (Å²) < 4.78 is 6.31. The molecule has 1 unspecified atom stereocenters. The molecule has 0 aliphatic carbocycles. The van der Waals surface area contributed by atoms with Crippen molar-refractivity contribution >= 4 is 34.2 Å². The summed E-state index contributed by atoms with van der Waals surface area (Å²) in [5.41, 5.74) is 0. The summed E-state index contributed by atoms with van der Waals surface area (Å²) in [6.45, 7) is 1.79. The van der Waals surface area contributed by atoms with Gasteiger partial charge in [0.15, 0.2) is 0 Å². The summed E-state index contributed by atoms with van der Waals surface area (Å²) in [7, 11) is 0. The van der Waals surface area contributed by atoms with E-state index in [1.54, 1.807) is 0 Å². The number of aliphatic hydroxyl groups is 1. The fourth-order valence-corrected chi connectivity index (χ4v) is 2.04. The number of hydrogen-bond donors (Lipinski definition) is 3. The van der Waals surface area contributed by atoms with Crippen molar-refractivity contribution in [3.63, 3.8) is 0 Å². The largest absolute Gasteiger partial charge is 0.490 e. The molecule has 1 amide bonds. The second kappa shape index (κ2) is 8.46. The van der Waals surface area contributed by atoms with Crippen molar-refractivity contribution in [2.75, 3.05) is 26.2 Å². The van der Waals surface area contributed by atoms with Crippen LogP contribution in [0.4, 0.5) is 0 Å². The van der Waals surface area contributed by atoms with Crippen LogP contribution in [-0.2, 0) is 4.79 Å². The van der Waals surface area contributed by atoms with Crippen molar-refractivity contribution in [2.45, 2.75) is 6.10 Å². The molecule has 1 aromatic rings. The average Bonchev–Trinajstić information content (AvgIpc) is 2.33. The molecule has 1 aliphatic heterocycles. The Bertz CT molecular complexity index is 443. The second-order valence-electron chi connectivity index (χ2n) is 4.50. The van der Waals surface area contributed by atoms with Crippen molar-refractivity contribution in [2.24, 2.45) is 5.92 Å². The molecule has 7 heteroatoms. The van der Waals surface area contributed by atoms with Gasteiger partial charge in [-0.2, -0.15) is 0 Å². The summed E-state index contributed by atoms with van der Waals surface area (Å²) in [6, 6.07) is 7.43. The van der Waals surface area contributed by atoms with Gasteiger partial charge < -0.3 is 20.5 Å². The lowest BCUT2D eigenvalue weighted by molar-refractivity contribution is -0.126. The van der Waals surface area contributed by atoms with Crippen LogP contribution in [-0.4, -0.2) is 43.4 Å². The van der Waals surface area contributed by atoms with Gasteiger partial charge in [0.05, 0.1) is 10.4 Å². The Morgan fingerprint density at radius 1 is 1.50 bits per heavy atom. The first-order valence-corrected chi connectivity index (χ1v) is 7.00. The molecule has 0 radical (unpaired) electrons. The molecular weight excluding hydrogens is 348 g/mol. The molecule has 0 aromatic heterocycles. The zero-order chi connectivity index (χ0) is 13.7. The first-order valence-electron chi connectivity index (χ1n) is 6.20. The summed E-state index contributed by atoms with van der Waals surface area (Å²) in [4.78, 5) is 11.5. The number of rotatable bonds is 6. The van der Waals surface area contributed by atoms with Gasteiger partial charge in [0.25, 0.3) is 0 Å². The summed E-state index contributed by atoms with van der Waals surface area (Å²) >= 11 is 3.36. The molecule has 1 heterocycles. The highest BCUT2D eigenvalue weighted by Gasteiger charge is 2.24. The quantitative estimate of drug-likeness (QED) is 0.702. The van der Waals surface area contributed by atoms with Gasteiger partial charge in [-0.1, -0.05) is 12.1 Å². The molecule has 1 aliphatic rings. The Labute approximate surface area is 132 Å². The third kappa shape index (κ3) is 4.94. The first kappa shape index (κ1) is 17.2. The normalized spacial score (nSPS) is 15.7. The van der Waals surface area contributed by atoms with Crippen LogP contribution in [0, 0.1) is 5.92 Å². The zero-order valence-electron chi connectivity index (χ0n) is 10.8. The van der Waals surface area contributed by atoms with E-state index in [2.05, 4.69) is 26.6 Å². The fraction of sp³-hybridized carbons (Fsp3) is 0.462. The number of ether oxygens (including phenoxy) is 1. The minimum Gasteiger partial charge on any atom is -0.490 e. The maximum absolute atomic E-state index is 11.5. The fourth-order valence-electron chi connectivity index (χ4n) is 1.64. The van der Waals surface area contributed by atoms with Gasteiger partial charge in [-0.25, -0.2) is 0 Å². The number of nitrogens with one attached hydrogen (secondary N) is 2. The molecule has 3 N–H and O–H groups in total. The van der Waals surface area contributed by atoms with E-state index in [1.807, 2.05) is 24.3 Å². The number of amides is 1. The van der Waals surface area contributed by atoms with Crippen molar-refractivity contribution in [3.8, 4) is 5.75 Å². The topological polar surface area (TPSA) is 70.6 Å². The van der Waals surface area contributed by atoms with E-state index >= 15 is 0 Å². The van der Waals surface area contributed by atoms with Gasteiger partial charge >= 0.3 is 0 Å². The smallest absolute Gasteiger partial charge is 0.225 e. The van der Waals surface area contributed by atoms with Gasteiger partial charge in [-0.15, -0.1) is 12.4 Å². The van der Waals surface area contributed by atoms with E-state index in [0.29, 0.717) is 5.75 Å². The SMILES string of the molecule is Cl.O=C(NCC(O)COc1ccccc1Br)C1CNC1. The molecule has 0 bridgehead atoms. The molecule has 1 fully saturated rings. The van der Waals surface area contributed by atoms with E-state index in [4.69, 9.17) is 4.74 Å². The van der Waals surface area contributed by atoms with E-state index in [0.717, 1.165) is 17.6 Å². The van der Waals surface area contributed by atoms with Gasteiger partial charge in [0.1, 0.15) is 18.5 Å². The maximum atomic E-state index is 11.5. The Hall–Kier alpha value is -0.820. The number of halogens is 2. The highest BCUT2D eigenvalue weighted by Crippen LogP contribution is 2.23. The number of hydrogen-bond acceptors (Lipinski definition) is 4. The van der Waals surface area contributed by atoms with Crippen LogP contribution in [0.3, 0.4) is 0 Å². The molecular formula is C13H18BrClN2O3. The van der Waals surface area contributed by atoms with Crippen molar-refractivity contribution in [1.82, 2.24) is 10.6 Å². The Balaban J connectivity index is 0.00000200. The Morgan fingerprint density at radius 3 is 2.80 bits per heavy atom.